The van der Waals surface area contributed by atoms with Crippen LogP contribution in [0.3, 0.4) is 0 Å². The van der Waals surface area contributed by atoms with Crippen LogP contribution in [0.1, 0.15) is 24.8 Å². The van der Waals surface area contributed by atoms with Gasteiger partial charge >= 0.3 is 0 Å². The maximum Gasteiger partial charge on any atom is 0.127 e. The lowest BCUT2D eigenvalue weighted by molar-refractivity contribution is 0.303. The van der Waals surface area contributed by atoms with E-state index in [2.05, 4.69) is 22.0 Å². The van der Waals surface area contributed by atoms with Crippen LogP contribution in [0.2, 0.25) is 0 Å². The molecule has 0 saturated carbocycles. The maximum atomic E-state index is 8.42. The van der Waals surface area contributed by atoms with Gasteiger partial charge in [0.25, 0.3) is 0 Å². The van der Waals surface area contributed by atoms with Crippen LogP contribution in [0.4, 0.5) is 0 Å². The van der Waals surface area contributed by atoms with Gasteiger partial charge in [-0.1, -0.05) is 22.0 Å². The summed E-state index contributed by atoms with van der Waals surface area (Å²) in [6.45, 7) is 0.634. The molecule has 17 heavy (non-hydrogen) atoms. The summed E-state index contributed by atoms with van der Waals surface area (Å²) >= 11 is 3.42. The first-order valence-corrected chi connectivity index (χ1v) is 6.66. The van der Waals surface area contributed by atoms with Crippen molar-refractivity contribution in [1.82, 2.24) is 0 Å². The Morgan fingerprint density at radius 2 is 2.18 bits per heavy atom. The molecule has 3 nitrogen and oxygen atoms in total. The van der Waals surface area contributed by atoms with Crippen molar-refractivity contribution in [3.63, 3.8) is 0 Å². The van der Waals surface area contributed by atoms with E-state index in [1.54, 1.807) is 7.11 Å². The topological polar surface area (TPSA) is 42.2 Å². The smallest absolute Gasteiger partial charge is 0.127 e. The average molecular weight is 298 g/mol. The molecule has 0 bridgehead atoms. The quantitative estimate of drug-likeness (QED) is 0.570. The number of benzene rings is 1. The van der Waals surface area contributed by atoms with Crippen LogP contribution < -0.4 is 9.47 Å². The molecule has 0 N–H and O–H groups in total. The third kappa shape index (κ3) is 4.66. The van der Waals surface area contributed by atoms with Crippen molar-refractivity contribution in [3.05, 3.63) is 23.8 Å². The summed E-state index contributed by atoms with van der Waals surface area (Å²) in [5.74, 6) is 1.64. The normalized spacial score (nSPS) is 9.71. The summed E-state index contributed by atoms with van der Waals surface area (Å²) < 4.78 is 10.9. The lowest BCUT2D eigenvalue weighted by Gasteiger charge is -2.11. The Kier molecular flexibility index (Phi) is 6.49. The van der Waals surface area contributed by atoms with E-state index in [-0.39, 0.29) is 0 Å². The third-order valence-corrected chi connectivity index (χ3v) is 2.96. The fourth-order valence-electron chi connectivity index (χ4n) is 1.39. The Labute approximate surface area is 110 Å². The molecule has 0 aromatic heterocycles. The number of halogens is 1. The summed E-state index contributed by atoms with van der Waals surface area (Å²) in [7, 11) is 1.64. The summed E-state index contributed by atoms with van der Waals surface area (Å²) in [6.07, 6.45) is 2.36. The zero-order valence-corrected chi connectivity index (χ0v) is 11.5. The molecule has 1 rings (SSSR count). The molecule has 0 amide bonds. The molecule has 4 heteroatoms. The van der Waals surface area contributed by atoms with Crippen molar-refractivity contribution in [2.24, 2.45) is 0 Å². The van der Waals surface area contributed by atoms with Gasteiger partial charge in [0.1, 0.15) is 11.5 Å². The molecule has 0 radical (unpaired) electrons. The highest BCUT2D eigenvalue weighted by Crippen LogP contribution is 2.26. The summed E-state index contributed by atoms with van der Waals surface area (Å²) in [6, 6.07) is 7.91. The molecule has 0 aliphatic rings. The first-order valence-electron chi connectivity index (χ1n) is 5.54. The molecular weight excluding hydrogens is 282 g/mol. The van der Waals surface area contributed by atoms with Crippen molar-refractivity contribution < 1.29 is 9.47 Å². The number of unbranched alkanes of at least 4 members (excludes halogenated alkanes) is 2. The van der Waals surface area contributed by atoms with E-state index in [4.69, 9.17) is 14.7 Å². The first-order chi connectivity index (χ1) is 8.31. The van der Waals surface area contributed by atoms with Gasteiger partial charge in [-0.2, -0.15) is 5.26 Å². The van der Waals surface area contributed by atoms with Gasteiger partial charge in [-0.3, -0.25) is 0 Å². The number of hydrogen-bond acceptors (Lipinski definition) is 3. The molecule has 0 aliphatic carbocycles. The second-order valence-electron chi connectivity index (χ2n) is 3.57. The van der Waals surface area contributed by atoms with Crippen molar-refractivity contribution in [3.8, 4) is 17.6 Å². The minimum atomic E-state index is 0.590. The molecule has 0 atom stereocenters. The number of hydrogen-bond donors (Lipinski definition) is 0. The van der Waals surface area contributed by atoms with Gasteiger partial charge in [0.15, 0.2) is 0 Å². The van der Waals surface area contributed by atoms with E-state index < -0.39 is 0 Å². The molecule has 0 spiro atoms. The standard InChI is InChI=1S/C13H16BrNO2/c1-16-12-6-5-11(10-14)13(9-12)17-8-4-2-3-7-15/h5-6,9H,2-4,8,10H2,1H3. The molecule has 0 fully saturated rings. The number of alkyl halides is 1. The van der Waals surface area contributed by atoms with E-state index in [0.717, 1.165) is 35.2 Å². The van der Waals surface area contributed by atoms with Crippen LogP contribution >= 0.6 is 15.9 Å². The highest BCUT2D eigenvalue weighted by atomic mass is 79.9. The molecule has 0 unspecified atom stereocenters. The second-order valence-corrected chi connectivity index (χ2v) is 4.13. The van der Waals surface area contributed by atoms with Gasteiger partial charge in [-0.15, -0.1) is 0 Å². The van der Waals surface area contributed by atoms with Crippen LogP contribution in [0.15, 0.2) is 18.2 Å². The Bertz CT molecular complexity index is 387. The van der Waals surface area contributed by atoms with Crippen LogP contribution in [-0.2, 0) is 5.33 Å². The molecule has 0 saturated heterocycles. The average Bonchev–Trinajstić information content (AvgIpc) is 2.38. The lowest BCUT2D eigenvalue weighted by Crippen LogP contribution is -2.00. The van der Waals surface area contributed by atoms with Crippen LogP contribution in [0, 0.1) is 11.3 Å². The van der Waals surface area contributed by atoms with E-state index in [1.807, 2.05) is 18.2 Å². The second kappa shape index (κ2) is 7.97. The zero-order valence-electron chi connectivity index (χ0n) is 9.91. The van der Waals surface area contributed by atoms with Gasteiger partial charge in [-0.05, 0) is 18.9 Å². The Hall–Kier alpha value is -1.21. The van der Waals surface area contributed by atoms with E-state index in [9.17, 15) is 0 Å². The number of nitrogens with zero attached hydrogens (tertiary/aromatic N) is 1. The number of rotatable bonds is 7. The Morgan fingerprint density at radius 1 is 1.35 bits per heavy atom. The fraction of sp³-hybridized carbons (Fsp3) is 0.462. The lowest BCUT2D eigenvalue weighted by atomic mass is 10.2. The van der Waals surface area contributed by atoms with Gasteiger partial charge < -0.3 is 9.47 Å². The third-order valence-electron chi connectivity index (χ3n) is 2.36. The van der Waals surface area contributed by atoms with Gasteiger partial charge in [0.2, 0.25) is 0 Å². The van der Waals surface area contributed by atoms with E-state index in [0.29, 0.717) is 13.0 Å². The number of nitriles is 1. The fourth-order valence-corrected chi connectivity index (χ4v) is 1.86. The van der Waals surface area contributed by atoms with E-state index in [1.165, 1.54) is 0 Å². The van der Waals surface area contributed by atoms with Crippen molar-refractivity contribution >= 4 is 15.9 Å². The molecular formula is C13H16BrNO2. The number of methoxy groups -OCH3 is 1. The highest BCUT2D eigenvalue weighted by molar-refractivity contribution is 9.08. The summed E-state index contributed by atoms with van der Waals surface area (Å²) in [4.78, 5) is 0. The molecule has 0 heterocycles. The number of ether oxygens (including phenoxy) is 2. The minimum absolute atomic E-state index is 0.590. The van der Waals surface area contributed by atoms with Crippen LogP contribution in [0.5, 0.6) is 11.5 Å². The Morgan fingerprint density at radius 3 is 2.82 bits per heavy atom. The monoisotopic (exact) mass is 297 g/mol. The predicted octanol–water partition coefficient (Wildman–Crippen LogP) is 3.66. The van der Waals surface area contributed by atoms with Gasteiger partial charge in [0, 0.05) is 23.4 Å². The molecule has 0 aliphatic heterocycles. The first kappa shape index (κ1) is 13.9. The van der Waals surface area contributed by atoms with Crippen LogP contribution in [-0.4, -0.2) is 13.7 Å². The summed E-state index contributed by atoms with van der Waals surface area (Å²) in [5, 5.41) is 9.17. The zero-order chi connectivity index (χ0) is 12.5. The molecule has 1 aromatic carbocycles. The van der Waals surface area contributed by atoms with Gasteiger partial charge in [-0.25, -0.2) is 0 Å². The predicted molar refractivity (Wildman–Crippen MR) is 70.6 cm³/mol. The van der Waals surface area contributed by atoms with Crippen LogP contribution in [0.25, 0.3) is 0 Å². The van der Waals surface area contributed by atoms with E-state index >= 15 is 0 Å². The molecule has 1 aromatic rings. The van der Waals surface area contributed by atoms with Gasteiger partial charge in [0.05, 0.1) is 19.8 Å². The largest absolute Gasteiger partial charge is 0.497 e. The minimum Gasteiger partial charge on any atom is -0.497 e. The SMILES string of the molecule is COc1ccc(CBr)c(OCCCCC#N)c1. The van der Waals surface area contributed by atoms with Crippen molar-refractivity contribution in [1.29, 1.82) is 5.26 Å². The Balaban J connectivity index is 2.53. The van der Waals surface area contributed by atoms with Crippen molar-refractivity contribution in [2.75, 3.05) is 13.7 Å². The summed E-state index contributed by atoms with van der Waals surface area (Å²) in [5.41, 5.74) is 1.10. The maximum absolute atomic E-state index is 8.42. The van der Waals surface area contributed by atoms with Crippen molar-refractivity contribution in [2.45, 2.75) is 24.6 Å². The molecule has 92 valence electrons. The highest BCUT2D eigenvalue weighted by Gasteiger charge is 2.04.